The number of rotatable bonds is 2. The average Bonchev–Trinajstić information content (AvgIpc) is 2.69. The third kappa shape index (κ3) is 1.95. The zero-order valence-corrected chi connectivity index (χ0v) is 11.7. The van der Waals surface area contributed by atoms with Crippen molar-refractivity contribution in [2.45, 2.75) is 41.2 Å². The highest BCUT2D eigenvalue weighted by Crippen LogP contribution is 2.33. The van der Waals surface area contributed by atoms with Crippen molar-refractivity contribution in [2.75, 3.05) is 0 Å². The Morgan fingerprint density at radius 3 is 2.06 bits per heavy atom. The van der Waals surface area contributed by atoms with Gasteiger partial charge in [0.2, 0.25) is 5.89 Å². The Bertz CT molecular complexity index is 571. The molecule has 18 heavy (non-hydrogen) atoms. The van der Waals surface area contributed by atoms with Crippen molar-refractivity contribution in [1.82, 2.24) is 4.98 Å². The first kappa shape index (κ1) is 12.8. The molecule has 0 aliphatic heterocycles. The summed E-state index contributed by atoms with van der Waals surface area (Å²) in [5.74, 6) is 1.46. The van der Waals surface area contributed by atoms with Crippen LogP contribution in [0.4, 0.5) is 0 Å². The molecule has 0 bridgehead atoms. The van der Waals surface area contributed by atoms with Crippen LogP contribution in [0.5, 0.6) is 0 Å². The lowest BCUT2D eigenvalue weighted by Crippen LogP contribution is -1.95. The van der Waals surface area contributed by atoms with Crippen LogP contribution < -0.4 is 5.73 Å². The Morgan fingerprint density at radius 2 is 1.61 bits per heavy atom. The molecule has 0 aliphatic rings. The highest BCUT2D eigenvalue weighted by Gasteiger charge is 2.17. The smallest absolute Gasteiger partial charge is 0.208 e. The van der Waals surface area contributed by atoms with Gasteiger partial charge in [0.05, 0.1) is 12.2 Å². The highest BCUT2D eigenvalue weighted by molar-refractivity contribution is 5.70. The summed E-state index contributed by atoms with van der Waals surface area (Å²) in [5, 5.41) is 0. The van der Waals surface area contributed by atoms with E-state index in [1.165, 1.54) is 22.3 Å². The van der Waals surface area contributed by atoms with Crippen molar-refractivity contribution < 1.29 is 4.42 Å². The molecule has 1 heterocycles. The number of hydrogen-bond acceptors (Lipinski definition) is 3. The molecule has 2 aromatic rings. The first-order valence-corrected chi connectivity index (χ1v) is 6.19. The van der Waals surface area contributed by atoms with E-state index in [4.69, 9.17) is 10.2 Å². The second kappa shape index (κ2) is 4.58. The molecule has 0 amide bonds. The van der Waals surface area contributed by atoms with E-state index in [-0.39, 0.29) is 0 Å². The fourth-order valence-electron chi connectivity index (χ4n) is 2.33. The number of oxazole rings is 1. The molecule has 0 spiro atoms. The van der Waals surface area contributed by atoms with Gasteiger partial charge in [-0.15, -0.1) is 0 Å². The minimum absolute atomic E-state index is 0.337. The molecule has 96 valence electrons. The van der Waals surface area contributed by atoms with E-state index in [0.717, 1.165) is 17.0 Å². The Balaban J connectivity index is 2.73. The number of hydrogen-bond donors (Lipinski definition) is 1. The largest absolute Gasteiger partial charge is 0.439 e. The highest BCUT2D eigenvalue weighted by atomic mass is 16.4. The summed E-state index contributed by atoms with van der Waals surface area (Å²) in [5.41, 5.74) is 12.7. The molecule has 0 atom stereocenters. The van der Waals surface area contributed by atoms with E-state index in [1.807, 2.05) is 6.92 Å². The third-order valence-electron chi connectivity index (χ3n) is 3.61. The van der Waals surface area contributed by atoms with Crippen LogP contribution in [0.25, 0.3) is 11.3 Å². The van der Waals surface area contributed by atoms with E-state index in [1.54, 1.807) is 0 Å². The Hall–Kier alpha value is -1.61. The van der Waals surface area contributed by atoms with Gasteiger partial charge in [-0.3, -0.25) is 0 Å². The quantitative estimate of drug-likeness (QED) is 0.881. The maximum atomic E-state index is 5.79. The molecular weight excluding hydrogens is 224 g/mol. The van der Waals surface area contributed by atoms with Gasteiger partial charge in [-0.2, -0.15) is 0 Å². The molecule has 3 nitrogen and oxygen atoms in total. The molecule has 1 aromatic carbocycles. The molecule has 0 unspecified atom stereocenters. The van der Waals surface area contributed by atoms with Gasteiger partial charge in [0.25, 0.3) is 0 Å². The molecule has 0 aliphatic carbocycles. The van der Waals surface area contributed by atoms with Crippen molar-refractivity contribution >= 4 is 0 Å². The molecular formula is C15H20N2O. The van der Waals surface area contributed by atoms with Crippen molar-refractivity contribution in [3.05, 3.63) is 39.9 Å². The lowest BCUT2D eigenvalue weighted by Gasteiger charge is -2.13. The maximum absolute atomic E-state index is 5.79. The summed E-state index contributed by atoms with van der Waals surface area (Å²) in [6.45, 7) is 10.8. The van der Waals surface area contributed by atoms with Gasteiger partial charge in [-0.05, 0) is 56.9 Å². The molecule has 3 heteroatoms. The van der Waals surface area contributed by atoms with E-state index < -0.39 is 0 Å². The predicted molar refractivity (Wildman–Crippen MR) is 73.5 cm³/mol. The van der Waals surface area contributed by atoms with Crippen LogP contribution in [-0.2, 0) is 6.54 Å². The number of aryl methyl sites for hydroxylation is 3. The van der Waals surface area contributed by atoms with Crippen molar-refractivity contribution in [2.24, 2.45) is 5.73 Å². The SMILES string of the molecule is Cc1cc(C)c(C)c(-c2oc(CN)nc2C)c1C. The first-order chi connectivity index (χ1) is 8.45. The molecule has 2 rings (SSSR count). The summed E-state index contributed by atoms with van der Waals surface area (Å²) >= 11 is 0. The lowest BCUT2D eigenvalue weighted by atomic mass is 9.92. The summed E-state index contributed by atoms with van der Waals surface area (Å²) in [4.78, 5) is 4.36. The molecule has 1 aromatic heterocycles. The molecule has 0 fully saturated rings. The Morgan fingerprint density at radius 1 is 1.06 bits per heavy atom. The maximum Gasteiger partial charge on any atom is 0.208 e. The number of nitrogens with zero attached hydrogens (tertiary/aromatic N) is 1. The van der Waals surface area contributed by atoms with E-state index in [9.17, 15) is 0 Å². The summed E-state index contributed by atoms with van der Waals surface area (Å²) in [6, 6.07) is 2.21. The van der Waals surface area contributed by atoms with Crippen LogP contribution >= 0.6 is 0 Å². The van der Waals surface area contributed by atoms with Crippen LogP contribution in [0.1, 0.15) is 33.8 Å². The van der Waals surface area contributed by atoms with Gasteiger partial charge in [-0.1, -0.05) is 6.07 Å². The molecule has 2 N–H and O–H groups in total. The van der Waals surface area contributed by atoms with Gasteiger partial charge >= 0.3 is 0 Å². The van der Waals surface area contributed by atoms with Gasteiger partial charge in [0.15, 0.2) is 5.76 Å². The summed E-state index contributed by atoms with van der Waals surface area (Å²) in [6.07, 6.45) is 0. The van der Waals surface area contributed by atoms with Crippen LogP contribution in [0.3, 0.4) is 0 Å². The summed E-state index contributed by atoms with van der Waals surface area (Å²) < 4.78 is 5.79. The van der Waals surface area contributed by atoms with Crippen LogP contribution in [0.2, 0.25) is 0 Å². The van der Waals surface area contributed by atoms with E-state index in [0.29, 0.717) is 12.4 Å². The molecule has 0 saturated carbocycles. The zero-order chi connectivity index (χ0) is 13.4. The predicted octanol–water partition coefficient (Wildman–Crippen LogP) is 3.34. The van der Waals surface area contributed by atoms with Gasteiger partial charge in [0.1, 0.15) is 0 Å². The second-order valence-electron chi connectivity index (χ2n) is 4.86. The van der Waals surface area contributed by atoms with Crippen molar-refractivity contribution in [3.8, 4) is 11.3 Å². The Kier molecular flexibility index (Phi) is 3.26. The van der Waals surface area contributed by atoms with Crippen molar-refractivity contribution in [3.63, 3.8) is 0 Å². The van der Waals surface area contributed by atoms with Crippen LogP contribution in [0, 0.1) is 34.6 Å². The Labute approximate surface area is 108 Å². The lowest BCUT2D eigenvalue weighted by molar-refractivity contribution is 0.509. The fraction of sp³-hybridized carbons (Fsp3) is 0.400. The molecule has 0 saturated heterocycles. The standard InChI is InChI=1S/C15H20N2O/c1-8-6-9(2)11(4)14(10(8)3)15-12(5)17-13(7-16)18-15/h6H,7,16H2,1-5H3. The number of nitrogens with two attached hydrogens (primary N) is 1. The minimum Gasteiger partial charge on any atom is -0.439 e. The normalized spacial score (nSPS) is 11.0. The minimum atomic E-state index is 0.337. The second-order valence-corrected chi connectivity index (χ2v) is 4.86. The van der Waals surface area contributed by atoms with Gasteiger partial charge in [0, 0.05) is 5.56 Å². The van der Waals surface area contributed by atoms with Crippen molar-refractivity contribution in [1.29, 1.82) is 0 Å². The first-order valence-electron chi connectivity index (χ1n) is 6.19. The summed E-state index contributed by atoms with van der Waals surface area (Å²) in [7, 11) is 0. The van der Waals surface area contributed by atoms with E-state index >= 15 is 0 Å². The average molecular weight is 244 g/mol. The number of aromatic nitrogens is 1. The van der Waals surface area contributed by atoms with Crippen LogP contribution in [-0.4, -0.2) is 4.98 Å². The number of benzene rings is 1. The van der Waals surface area contributed by atoms with E-state index in [2.05, 4.69) is 38.7 Å². The van der Waals surface area contributed by atoms with Crippen LogP contribution in [0.15, 0.2) is 10.5 Å². The zero-order valence-electron chi connectivity index (χ0n) is 11.7. The van der Waals surface area contributed by atoms with Gasteiger partial charge in [-0.25, -0.2) is 4.98 Å². The monoisotopic (exact) mass is 244 g/mol. The van der Waals surface area contributed by atoms with Gasteiger partial charge < -0.3 is 10.2 Å². The molecule has 0 radical (unpaired) electrons. The fourth-order valence-corrected chi connectivity index (χ4v) is 2.33. The third-order valence-corrected chi connectivity index (χ3v) is 3.61. The topological polar surface area (TPSA) is 52.0 Å².